The number of nitro groups is 1. The molecular weight excluding hydrogens is 242 g/mol. The molecule has 0 aliphatic carbocycles. The molecule has 18 heavy (non-hydrogen) atoms. The summed E-state index contributed by atoms with van der Waals surface area (Å²) in [5.74, 6) is -0.786. The second-order valence-electron chi connectivity index (χ2n) is 3.21. The maximum Gasteiger partial charge on any atom is 0.345 e. The minimum Gasteiger partial charge on any atom is -0.496 e. The summed E-state index contributed by atoms with van der Waals surface area (Å²) >= 11 is 0. The third-order valence-electron chi connectivity index (χ3n) is 2.16. The highest BCUT2D eigenvalue weighted by atomic mass is 16.6. The lowest BCUT2D eigenvalue weighted by Crippen LogP contribution is -2.11. The summed E-state index contributed by atoms with van der Waals surface area (Å²) in [7, 11) is 1.30. The first-order valence-corrected chi connectivity index (χ1v) is 5.03. The number of rotatable bonds is 5. The molecule has 0 spiro atoms. The number of ether oxygens (including phenoxy) is 2. The van der Waals surface area contributed by atoms with E-state index in [1.165, 1.54) is 13.2 Å². The average molecular weight is 253 g/mol. The highest BCUT2D eigenvalue weighted by Crippen LogP contribution is 2.28. The zero-order valence-electron chi connectivity index (χ0n) is 9.84. The van der Waals surface area contributed by atoms with Gasteiger partial charge in [0.2, 0.25) is 0 Å². The number of aldehydes is 1. The van der Waals surface area contributed by atoms with Gasteiger partial charge in [0.15, 0.2) is 6.29 Å². The van der Waals surface area contributed by atoms with Crippen molar-refractivity contribution in [3.63, 3.8) is 0 Å². The van der Waals surface area contributed by atoms with Crippen LogP contribution in [0, 0.1) is 10.1 Å². The molecule has 0 aliphatic heterocycles. The topological polar surface area (TPSA) is 95.7 Å². The Balaban J connectivity index is 3.48. The van der Waals surface area contributed by atoms with E-state index in [4.69, 9.17) is 9.47 Å². The van der Waals surface area contributed by atoms with Crippen LogP contribution in [0.15, 0.2) is 12.1 Å². The van der Waals surface area contributed by atoms with Gasteiger partial charge < -0.3 is 9.47 Å². The Hall–Kier alpha value is -2.44. The smallest absolute Gasteiger partial charge is 0.345 e. The van der Waals surface area contributed by atoms with Crippen molar-refractivity contribution in [3.05, 3.63) is 33.4 Å². The number of carbonyl (C=O) groups excluding carboxylic acids is 2. The van der Waals surface area contributed by atoms with Crippen LogP contribution in [0.1, 0.15) is 27.6 Å². The molecular formula is C11H11NO6. The summed E-state index contributed by atoms with van der Waals surface area (Å²) in [4.78, 5) is 32.6. The molecule has 7 nitrogen and oxygen atoms in total. The van der Waals surface area contributed by atoms with E-state index in [-0.39, 0.29) is 23.5 Å². The van der Waals surface area contributed by atoms with Gasteiger partial charge in [-0.05, 0) is 13.0 Å². The molecule has 0 fully saturated rings. The molecule has 1 aromatic carbocycles. The van der Waals surface area contributed by atoms with Crippen molar-refractivity contribution in [1.29, 1.82) is 0 Å². The van der Waals surface area contributed by atoms with E-state index >= 15 is 0 Å². The molecule has 0 atom stereocenters. The number of methoxy groups -OCH3 is 1. The predicted molar refractivity (Wildman–Crippen MR) is 61.0 cm³/mol. The van der Waals surface area contributed by atoms with E-state index < -0.39 is 16.6 Å². The molecule has 0 bridgehead atoms. The van der Waals surface area contributed by atoms with Crippen LogP contribution in [0.5, 0.6) is 5.75 Å². The minimum absolute atomic E-state index is 0.0559. The van der Waals surface area contributed by atoms with Gasteiger partial charge in [-0.15, -0.1) is 0 Å². The number of carbonyl (C=O) groups is 2. The van der Waals surface area contributed by atoms with Crippen molar-refractivity contribution < 1.29 is 24.0 Å². The molecule has 0 heterocycles. The van der Waals surface area contributed by atoms with Crippen molar-refractivity contribution in [2.45, 2.75) is 6.92 Å². The van der Waals surface area contributed by atoms with Crippen LogP contribution < -0.4 is 4.74 Å². The Kier molecular flexibility index (Phi) is 4.36. The lowest BCUT2D eigenvalue weighted by Gasteiger charge is -2.07. The molecule has 0 N–H and O–H groups in total. The summed E-state index contributed by atoms with van der Waals surface area (Å²) in [6.07, 6.45) is 0.349. The lowest BCUT2D eigenvalue weighted by atomic mass is 10.1. The summed E-state index contributed by atoms with van der Waals surface area (Å²) in [5, 5.41) is 10.9. The Morgan fingerprint density at radius 3 is 2.61 bits per heavy atom. The fraction of sp³-hybridized carbons (Fsp3) is 0.273. The van der Waals surface area contributed by atoms with E-state index in [1.54, 1.807) is 6.92 Å². The summed E-state index contributed by atoms with van der Waals surface area (Å²) < 4.78 is 9.52. The summed E-state index contributed by atoms with van der Waals surface area (Å²) in [6, 6.07) is 2.31. The molecule has 1 aromatic rings. The summed E-state index contributed by atoms with van der Waals surface area (Å²) in [5.41, 5.74) is -1.02. The first kappa shape index (κ1) is 13.6. The number of hydrogen-bond acceptors (Lipinski definition) is 6. The Labute approximate surface area is 102 Å². The van der Waals surface area contributed by atoms with Gasteiger partial charge in [0.25, 0.3) is 5.69 Å². The maximum atomic E-state index is 11.6. The monoisotopic (exact) mass is 253 g/mol. The van der Waals surface area contributed by atoms with E-state index in [0.717, 1.165) is 6.07 Å². The molecule has 1 rings (SSSR count). The van der Waals surface area contributed by atoms with E-state index in [9.17, 15) is 19.7 Å². The van der Waals surface area contributed by atoms with Crippen LogP contribution in [0.25, 0.3) is 0 Å². The second kappa shape index (κ2) is 5.76. The van der Waals surface area contributed by atoms with Gasteiger partial charge in [-0.1, -0.05) is 0 Å². The van der Waals surface area contributed by atoms with Crippen molar-refractivity contribution in [1.82, 2.24) is 0 Å². The SMILES string of the molecule is CCOC(=O)c1c(C=O)cc(OC)cc1[N+](=O)[O-]. The number of nitrogens with zero attached hydrogens (tertiary/aromatic N) is 1. The Morgan fingerprint density at radius 2 is 2.17 bits per heavy atom. The molecule has 0 aliphatic rings. The molecule has 0 saturated carbocycles. The van der Waals surface area contributed by atoms with Crippen LogP contribution in [0.4, 0.5) is 5.69 Å². The number of hydrogen-bond donors (Lipinski definition) is 0. The fourth-order valence-corrected chi connectivity index (χ4v) is 1.40. The lowest BCUT2D eigenvalue weighted by molar-refractivity contribution is -0.385. The predicted octanol–water partition coefficient (Wildman–Crippen LogP) is 1.59. The van der Waals surface area contributed by atoms with Gasteiger partial charge in [-0.2, -0.15) is 0 Å². The zero-order chi connectivity index (χ0) is 13.7. The fourth-order valence-electron chi connectivity index (χ4n) is 1.40. The van der Waals surface area contributed by atoms with E-state index in [1.807, 2.05) is 0 Å². The van der Waals surface area contributed by atoms with Gasteiger partial charge in [-0.3, -0.25) is 14.9 Å². The Bertz CT molecular complexity index is 497. The number of nitro benzene ring substituents is 1. The second-order valence-corrected chi connectivity index (χ2v) is 3.21. The van der Waals surface area contributed by atoms with Gasteiger partial charge in [0.05, 0.1) is 24.7 Å². The molecule has 0 radical (unpaired) electrons. The normalized spacial score (nSPS) is 9.67. The van der Waals surface area contributed by atoms with Gasteiger partial charge in [-0.25, -0.2) is 4.79 Å². The van der Waals surface area contributed by atoms with Crippen molar-refractivity contribution in [3.8, 4) is 5.75 Å². The van der Waals surface area contributed by atoms with Gasteiger partial charge in [0, 0.05) is 5.56 Å². The van der Waals surface area contributed by atoms with Crippen LogP contribution in [0.3, 0.4) is 0 Å². The van der Waals surface area contributed by atoms with Crippen LogP contribution in [0.2, 0.25) is 0 Å². The minimum atomic E-state index is -0.908. The quantitative estimate of drug-likeness (QED) is 0.342. The largest absolute Gasteiger partial charge is 0.496 e. The van der Waals surface area contributed by atoms with Gasteiger partial charge >= 0.3 is 5.97 Å². The van der Waals surface area contributed by atoms with E-state index in [0.29, 0.717) is 6.29 Å². The highest BCUT2D eigenvalue weighted by molar-refractivity contribution is 6.02. The van der Waals surface area contributed by atoms with Crippen LogP contribution >= 0.6 is 0 Å². The maximum absolute atomic E-state index is 11.6. The molecule has 96 valence electrons. The van der Waals surface area contributed by atoms with Crippen molar-refractivity contribution >= 4 is 17.9 Å². The molecule has 7 heteroatoms. The summed E-state index contributed by atoms with van der Waals surface area (Å²) in [6.45, 7) is 1.62. The van der Waals surface area contributed by atoms with Crippen molar-refractivity contribution in [2.24, 2.45) is 0 Å². The first-order valence-electron chi connectivity index (χ1n) is 5.03. The highest BCUT2D eigenvalue weighted by Gasteiger charge is 2.26. The number of benzene rings is 1. The zero-order valence-corrected chi connectivity index (χ0v) is 9.84. The third kappa shape index (κ3) is 2.62. The van der Waals surface area contributed by atoms with Gasteiger partial charge in [0.1, 0.15) is 11.3 Å². The molecule has 0 unspecified atom stereocenters. The molecule has 0 saturated heterocycles. The van der Waals surface area contributed by atoms with E-state index in [2.05, 4.69) is 0 Å². The first-order chi connectivity index (χ1) is 8.54. The molecule has 0 amide bonds. The average Bonchev–Trinajstić information content (AvgIpc) is 2.37. The number of esters is 1. The van der Waals surface area contributed by atoms with Crippen LogP contribution in [-0.2, 0) is 4.74 Å². The molecule has 0 aromatic heterocycles. The standard InChI is InChI=1S/C11H11NO6/c1-3-18-11(14)10-7(6-13)4-8(17-2)5-9(10)12(15)16/h4-6H,3H2,1-2H3. The Morgan fingerprint density at radius 1 is 1.50 bits per heavy atom. The third-order valence-corrected chi connectivity index (χ3v) is 2.16. The van der Waals surface area contributed by atoms with Crippen LogP contribution in [-0.4, -0.2) is 30.9 Å². The van der Waals surface area contributed by atoms with Crippen molar-refractivity contribution in [2.75, 3.05) is 13.7 Å².